The number of nitrogens with zero attached hydrogens (tertiary/aromatic N) is 2. The van der Waals surface area contributed by atoms with E-state index >= 15 is 0 Å². The monoisotopic (exact) mass is 426 g/mol. The van der Waals surface area contributed by atoms with Crippen molar-refractivity contribution in [3.8, 4) is 5.19 Å². The van der Waals surface area contributed by atoms with Crippen molar-refractivity contribution < 1.29 is 9.53 Å². The molecule has 1 saturated heterocycles. The highest BCUT2D eigenvalue weighted by Crippen LogP contribution is 2.34. The molecule has 0 atom stereocenters. The van der Waals surface area contributed by atoms with Crippen molar-refractivity contribution in [1.82, 2.24) is 9.88 Å². The van der Waals surface area contributed by atoms with Gasteiger partial charge in [-0.1, -0.05) is 46.7 Å². The van der Waals surface area contributed by atoms with E-state index in [9.17, 15) is 4.79 Å². The van der Waals surface area contributed by atoms with Gasteiger partial charge in [0, 0.05) is 25.9 Å². The van der Waals surface area contributed by atoms with Gasteiger partial charge in [0.1, 0.15) is 10.4 Å². The van der Waals surface area contributed by atoms with Crippen LogP contribution >= 0.6 is 45.9 Å². The third kappa shape index (κ3) is 3.56. The van der Waals surface area contributed by atoms with Crippen LogP contribution in [0.3, 0.4) is 0 Å². The van der Waals surface area contributed by atoms with Gasteiger partial charge >= 0.3 is 0 Å². The molecule has 1 aliphatic rings. The summed E-state index contributed by atoms with van der Waals surface area (Å²) in [5.74, 6) is -0.0628. The molecule has 0 aliphatic carbocycles. The number of carbonyl (C=O) groups is 1. The van der Waals surface area contributed by atoms with Gasteiger partial charge in [0.25, 0.3) is 11.1 Å². The zero-order valence-corrected chi connectivity index (χ0v) is 17.1. The molecular weight excluding hydrogens is 411 g/mol. The van der Waals surface area contributed by atoms with Crippen LogP contribution in [0.1, 0.15) is 28.8 Å². The summed E-state index contributed by atoms with van der Waals surface area (Å²) in [7, 11) is 0. The molecule has 3 aromatic rings. The topological polar surface area (TPSA) is 42.4 Å². The minimum atomic E-state index is -0.0628. The number of carbonyl (C=O) groups excluding carboxylic acids is 1. The average Bonchev–Trinajstić information content (AvgIpc) is 3.18. The van der Waals surface area contributed by atoms with Crippen LogP contribution in [0.2, 0.25) is 8.67 Å². The number of amides is 1. The summed E-state index contributed by atoms with van der Waals surface area (Å²) in [4.78, 5) is 19.0. The van der Waals surface area contributed by atoms with Crippen LogP contribution in [-0.4, -0.2) is 35.0 Å². The zero-order chi connectivity index (χ0) is 18.3. The molecule has 0 N–H and O–H groups in total. The number of hydrogen-bond acceptors (Lipinski definition) is 5. The van der Waals surface area contributed by atoms with Crippen molar-refractivity contribution in [2.45, 2.75) is 25.9 Å². The van der Waals surface area contributed by atoms with Gasteiger partial charge in [-0.25, -0.2) is 4.98 Å². The minimum absolute atomic E-state index is 0.0628. The highest BCUT2D eigenvalue weighted by molar-refractivity contribution is 7.20. The number of aromatic nitrogens is 1. The molecule has 0 bridgehead atoms. The molecule has 0 radical (unpaired) electrons. The molecule has 8 heteroatoms. The number of ether oxygens (including phenoxy) is 1. The second-order valence-corrected chi connectivity index (χ2v) is 9.53. The molecule has 0 spiro atoms. The Kier molecular flexibility index (Phi) is 5.10. The molecule has 4 nitrogen and oxygen atoms in total. The Balaban J connectivity index is 1.39. The molecule has 26 heavy (non-hydrogen) atoms. The van der Waals surface area contributed by atoms with E-state index in [0.717, 1.165) is 28.6 Å². The molecule has 1 amide bonds. The first-order valence-electron chi connectivity index (χ1n) is 8.28. The third-order valence-electron chi connectivity index (χ3n) is 4.48. The number of thiazole rings is 1. The van der Waals surface area contributed by atoms with Gasteiger partial charge in [-0.3, -0.25) is 4.79 Å². The highest BCUT2D eigenvalue weighted by Gasteiger charge is 2.27. The summed E-state index contributed by atoms with van der Waals surface area (Å²) >= 11 is 14.8. The van der Waals surface area contributed by atoms with Crippen molar-refractivity contribution in [2.75, 3.05) is 13.1 Å². The first-order valence-corrected chi connectivity index (χ1v) is 10.7. The Hall–Kier alpha value is -1.34. The zero-order valence-electron chi connectivity index (χ0n) is 14.0. The number of likely N-dealkylation sites (tertiary alicyclic amines) is 1. The Bertz CT molecular complexity index is 961. The maximum atomic E-state index is 12.6. The van der Waals surface area contributed by atoms with Gasteiger partial charge in [0.05, 0.1) is 20.1 Å². The van der Waals surface area contributed by atoms with E-state index in [-0.39, 0.29) is 12.0 Å². The molecular formula is C18H16Cl2N2O2S2. The van der Waals surface area contributed by atoms with Gasteiger partial charge in [0.2, 0.25) is 0 Å². The predicted octanol–water partition coefficient (Wildman–Crippen LogP) is 5.66. The Morgan fingerprint density at radius 3 is 2.69 bits per heavy atom. The predicted molar refractivity (Wildman–Crippen MR) is 108 cm³/mol. The van der Waals surface area contributed by atoms with Crippen LogP contribution in [0.15, 0.2) is 24.3 Å². The molecule has 1 fully saturated rings. The third-order valence-corrected chi connectivity index (χ3v) is 6.88. The first kappa shape index (κ1) is 18.0. The standard InChI is InChI=1S/C18H16Cl2N2O2S2/c1-10-3-2-4-13-15(10)21-18(25-13)24-11-5-7-22(8-6-11)17(23)12-9-14(19)26-16(12)20/h2-4,9,11H,5-8H2,1H3. The summed E-state index contributed by atoms with van der Waals surface area (Å²) in [6.07, 6.45) is 1.62. The molecule has 4 rings (SSSR count). The van der Waals surface area contributed by atoms with Crippen LogP contribution in [0, 0.1) is 6.92 Å². The lowest BCUT2D eigenvalue weighted by Gasteiger charge is -2.31. The second kappa shape index (κ2) is 7.35. The van der Waals surface area contributed by atoms with Crippen molar-refractivity contribution >= 4 is 62.0 Å². The Morgan fingerprint density at radius 2 is 2.04 bits per heavy atom. The lowest BCUT2D eigenvalue weighted by molar-refractivity contribution is 0.0596. The fraction of sp³-hybridized carbons (Fsp3) is 0.333. The van der Waals surface area contributed by atoms with Crippen molar-refractivity contribution in [1.29, 1.82) is 0 Å². The highest BCUT2D eigenvalue weighted by atomic mass is 35.5. The number of benzene rings is 1. The van der Waals surface area contributed by atoms with Crippen molar-refractivity contribution in [3.63, 3.8) is 0 Å². The van der Waals surface area contributed by atoms with Crippen molar-refractivity contribution in [2.24, 2.45) is 0 Å². The lowest BCUT2D eigenvalue weighted by atomic mass is 10.1. The molecule has 2 aromatic heterocycles. The van der Waals surface area contributed by atoms with E-state index in [1.807, 2.05) is 11.0 Å². The molecule has 136 valence electrons. The summed E-state index contributed by atoms with van der Waals surface area (Å²) in [5.41, 5.74) is 2.65. The number of halogens is 2. The maximum absolute atomic E-state index is 12.6. The quantitative estimate of drug-likeness (QED) is 0.542. The number of para-hydroxylation sites is 1. The van der Waals surface area contributed by atoms with Crippen LogP contribution in [0.4, 0.5) is 0 Å². The van der Waals surface area contributed by atoms with E-state index in [1.165, 1.54) is 11.3 Å². The summed E-state index contributed by atoms with van der Waals surface area (Å²) in [6.45, 7) is 3.33. The van der Waals surface area contributed by atoms with Gasteiger partial charge < -0.3 is 9.64 Å². The van der Waals surface area contributed by atoms with Crippen LogP contribution in [-0.2, 0) is 0 Å². The average molecular weight is 427 g/mol. The summed E-state index contributed by atoms with van der Waals surface area (Å²) in [5, 5.41) is 0.701. The largest absolute Gasteiger partial charge is 0.467 e. The van der Waals surface area contributed by atoms with Crippen LogP contribution in [0.5, 0.6) is 5.19 Å². The second-order valence-electron chi connectivity index (χ2n) is 6.25. The van der Waals surface area contributed by atoms with E-state index in [2.05, 4.69) is 24.0 Å². The normalized spacial score (nSPS) is 15.6. The number of piperidine rings is 1. The summed E-state index contributed by atoms with van der Waals surface area (Å²) < 4.78 is 8.19. The maximum Gasteiger partial charge on any atom is 0.274 e. The van der Waals surface area contributed by atoms with E-state index in [0.29, 0.717) is 32.5 Å². The molecule has 0 saturated carbocycles. The molecule has 3 heterocycles. The van der Waals surface area contributed by atoms with Gasteiger partial charge in [0.15, 0.2) is 0 Å². The number of rotatable bonds is 3. The van der Waals surface area contributed by atoms with Crippen LogP contribution < -0.4 is 4.74 Å². The van der Waals surface area contributed by atoms with Gasteiger partial charge in [-0.15, -0.1) is 11.3 Å². The molecule has 1 aromatic carbocycles. The minimum Gasteiger partial charge on any atom is -0.467 e. The number of aryl methyl sites for hydroxylation is 1. The molecule has 0 unspecified atom stereocenters. The number of hydrogen-bond donors (Lipinski definition) is 0. The lowest BCUT2D eigenvalue weighted by Crippen LogP contribution is -2.41. The SMILES string of the molecule is Cc1cccc2sc(OC3CCN(C(=O)c4cc(Cl)sc4Cl)CC3)nc12. The van der Waals surface area contributed by atoms with E-state index in [4.69, 9.17) is 27.9 Å². The Morgan fingerprint density at radius 1 is 1.27 bits per heavy atom. The first-order chi connectivity index (χ1) is 12.5. The van der Waals surface area contributed by atoms with Crippen LogP contribution in [0.25, 0.3) is 10.2 Å². The smallest absolute Gasteiger partial charge is 0.274 e. The van der Waals surface area contributed by atoms with Gasteiger partial charge in [-0.2, -0.15) is 0 Å². The number of fused-ring (bicyclic) bond motifs is 1. The Labute approximate surface area is 169 Å². The van der Waals surface area contributed by atoms with Gasteiger partial charge in [-0.05, 0) is 24.6 Å². The fourth-order valence-electron chi connectivity index (χ4n) is 3.09. The van der Waals surface area contributed by atoms with Crippen molar-refractivity contribution in [3.05, 3.63) is 44.1 Å². The molecule has 1 aliphatic heterocycles. The number of thiophene rings is 1. The van der Waals surface area contributed by atoms with E-state index < -0.39 is 0 Å². The summed E-state index contributed by atoms with van der Waals surface area (Å²) in [6, 6.07) is 7.79. The fourth-order valence-corrected chi connectivity index (χ4v) is 5.50. The van der Waals surface area contributed by atoms with E-state index in [1.54, 1.807) is 17.4 Å².